The summed E-state index contributed by atoms with van der Waals surface area (Å²) >= 11 is 1.67. The average molecular weight is 240 g/mol. The third-order valence-corrected chi connectivity index (χ3v) is 4.66. The minimum Gasteiger partial charge on any atom is -0.469 e. The zero-order valence-electron chi connectivity index (χ0n) is 9.78. The molecule has 0 unspecified atom stereocenters. The molecule has 1 aromatic rings. The number of hydrogen-bond acceptors (Lipinski definition) is 4. The number of hydrogen-bond donors (Lipinski definition) is 0. The Morgan fingerprint density at radius 2 is 2.25 bits per heavy atom. The Hall–Kier alpha value is -0.870. The molecule has 4 heteroatoms. The molecule has 0 saturated carbocycles. The van der Waals surface area contributed by atoms with Crippen LogP contribution in [0.4, 0.5) is 0 Å². The van der Waals surface area contributed by atoms with Crippen LogP contribution in [0.5, 0.6) is 0 Å². The highest BCUT2D eigenvalue weighted by Crippen LogP contribution is 2.49. The summed E-state index contributed by atoms with van der Waals surface area (Å²) < 4.78 is 10.2. The van der Waals surface area contributed by atoms with Gasteiger partial charge in [0, 0.05) is 4.88 Å². The Kier molecular flexibility index (Phi) is 2.80. The molecule has 0 aromatic carbocycles. The third-order valence-electron chi connectivity index (χ3n) is 3.58. The van der Waals surface area contributed by atoms with Gasteiger partial charge in [-0.2, -0.15) is 0 Å². The maximum atomic E-state index is 11.9. The molecule has 2 rings (SSSR count). The van der Waals surface area contributed by atoms with E-state index in [-0.39, 0.29) is 11.4 Å². The SMILES string of the molecule is COC(=O)C(C)(C)C1(c2cccs2)COC1. The highest BCUT2D eigenvalue weighted by atomic mass is 32.1. The first-order valence-electron chi connectivity index (χ1n) is 5.25. The molecule has 1 aromatic heterocycles. The first kappa shape index (κ1) is 11.6. The van der Waals surface area contributed by atoms with E-state index in [2.05, 4.69) is 6.07 Å². The van der Waals surface area contributed by atoms with E-state index in [1.54, 1.807) is 11.3 Å². The predicted molar refractivity (Wildman–Crippen MR) is 62.6 cm³/mol. The lowest BCUT2D eigenvalue weighted by atomic mass is 9.63. The van der Waals surface area contributed by atoms with E-state index >= 15 is 0 Å². The summed E-state index contributed by atoms with van der Waals surface area (Å²) in [5.41, 5.74) is -0.765. The number of carbonyl (C=O) groups is 1. The molecule has 1 fully saturated rings. The lowest BCUT2D eigenvalue weighted by Crippen LogP contribution is -2.59. The van der Waals surface area contributed by atoms with Crippen molar-refractivity contribution in [2.45, 2.75) is 19.3 Å². The number of rotatable bonds is 3. The molecule has 0 aliphatic carbocycles. The highest BCUT2D eigenvalue weighted by Gasteiger charge is 2.57. The molecule has 0 atom stereocenters. The highest BCUT2D eigenvalue weighted by molar-refractivity contribution is 7.10. The molecule has 1 aliphatic heterocycles. The summed E-state index contributed by atoms with van der Waals surface area (Å²) in [5, 5.41) is 2.03. The number of esters is 1. The summed E-state index contributed by atoms with van der Waals surface area (Å²) in [6, 6.07) is 4.07. The molecular formula is C12H16O3S. The van der Waals surface area contributed by atoms with Crippen molar-refractivity contribution in [1.82, 2.24) is 0 Å². The first-order valence-corrected chi connectivity index (χ1v) is 6.13. The first-order chi connectivity index (χ1) is 7.54. The Morgan fingerprint density at radius 3 is 2.62 bits per heavy atom. The summed E-state index contributed by atoms with van der Waals surface area (Å²) in [5.74, 6) is -0.177. The van der Waals surface area contributed by atoms with Crippen LogP contribution in [0, 0.1) is 5.41 Å². The normalized spacial score (nSPS) is 18.9. The third kappa shape index (κ3) is 1.40. The maximum Gasteiger partial charge on any atom is 0.312 e. The zero-order chi connectivity index (χ0) is 11.8. The van der Waals surface area contributed by atoms with Crippen LogP contribution in [0.25, 0.3) is 0 Å². The van der Waals surface area contributed by atoms with Crippen molar-refractivity contribution in [3.05, 3.63) is 22.4 Å². The van der Waals surface area contributed by atoms with Gasteiger partial charge in [-0.3, -0.25) is 4.79 Å². The van der Waals surface area contributed by atoms with Crippen molar-refractivity contribution in [1.29, 1.82) is 0 Å². The van der Waals surface area contributed by atoms with Crippen LogP contribution in [0.1, 0.15) is 18.7 Å². The van der Waals surface area contributed by atoms with Gasteiger partial charge in [-0.15, -0.1) is 11.3 Å². The van der Waals surface area contributed by atoms with Crippen molar-refractivity contribution < 1.29 is 14.3 Å². The molecule has 2 heterocycles. The topological polar surface area (TPSA) is 35.5 Å². The van der Waals surface area contributed by atoms with Crippen LogP contribution in [0.15, 0.2) is 17.5 Å². The quantitative estimate of drug-likeness (QED) is 0.760. The fourth-order valence-corrected chi connectivity index (χ4v) is 3.18. The standard InChI is InChI=1S/C12H16O3S/c1-11(2,10(13)14-3)12(7-15-8-12)9-5-4-6-16-9/h4-6H,7-8H2,1-3H3. The van der Waals surface area contributed by atoms with Gasteiger partial charge in [0.2, 0.25) is 0 Å². The molecular weight excluding hydrogens is 224 g/mol. The largest absolute Gasteiger partial charge is 0.469 e. The van der Waals surface area contributed by atoms with Crippen LogP contribution in [0.3, 0.4) is 0 Å². The molecule has 0 bridgehead atoms. The second-order valence-electron chi connectivity index (χ2n) is 4.67. The van der Waals surface area contributed by atoms with E-state index < -0.39 is 5.41 Å². The fourth-order valence-electron chi connectivity index (χ4n) is 2.12. The molecule has 3 nitrogen and oxygen atoms in total. The van der Waals surface area contributed by atoms with Crippen molar-refractivity contribution in [3.63, 3.8) is 0 Å². The maximum absolute atomic E-state index is 11.9. The van der Waals surface area contributed by atoms with E-state index in [1.807, 2.05) is 25.3 Å². The molecule has 0 spiro atoms. The average Bonchev–Trinajstić information content (AvgIpc) is 2.67. The number of ether oxygens (including phenoxy) is 2. The van der Waals surface area contributed by atoms with E-state index in [9.17, 15) is 4.79 Å². The van der Waals surface area contributed by atoms with E-state index in [0.29, 0.717) is 13.2 Å². The molecule has 88 valence electrons. The van der Waals surface area contributed by atoms with Gasteiger partial charge in [0.05, 0.1) is 31.2 Å². The van der Waals surface area contributed by atoms with Gasteiger partial charge in [0.1, 0.15) is 0 Å². The van der Waals surface area contributed by atoms with Crippen molar-refractivity contribution in [3.8, 4) is 0 Å². The number of carbonyl (C=O) groups excluding carboxylic acids is 1. The molecule has 0 N–H and O–H groups in total. The fraction of sp³-hybridized carbons (Fsp3) is 0.583. The lowest BCUT2D eigenvalue weighted by Gasteiger charge is -2.50. The second-order valence-corrected chi connectivity index (χ2v) is 5.62. The van der Waals surface area contributed by atoms with Gasteiger partial charge in [0.15, 0.2) is 0 Å². The summed E-state index contributed by atoms with van der Waals surface area (Å²) in [4.78, 5) is 13.1. The molecule has 0 amide bonds. The summed E-state index contributed by atoms with van der Waals surface area (Å²) in [7, 11) is 1.44. The Morgan fingerprint density at radius 1 is 1.56 bits per heavy atom. The number of methoxy groups -OCH3 is 1. The van der Waals surface area contributed by atoms with Crippen LogP contribution in [0.2, 0.25) is 0 Å². The van der Waals surface area contributed by atoms with Crippen LogP contribution < -0.4 is 0 Å². The van der Waals surface area contributed by atoms with E-state index in [1.165, 1.54) is 12.0 Å². The summed E-state index contributed by atoms with van der Waals surface area (Å²) in [6.07, 6.45) is 0. The zero-order valence-corrected chi connectivity index (χ0v) is 10.6. The molecule has 1 saturated heterocycles. The predicted octanol–water partition coefficient (Wildman–Crippen LogP) is 2.22. The Balaban J connectivity index is 2.39. The van der Waals surface area contributed by atoms with Gasteiger partial charge in [0.25, 0.3) is 0 Å². The minimum absolute atomic E-state index is 0.177. The van der Waals surface area contributed by atoms with Crippen LogP contribution in [-0.2, 0) is 19.7 Å². The van der Waals surface area contributed by atoms with Crippen LogP contribution in [-0.4, -0.2) is 26.3 Å². The molecule has 0 radical (unpaired) electrons. The minimum atomic E-state index is -0.551. The van der Waals surface area contributed by atoms with Gasteiger partial charge >= 0.3 is 5.97 Å². The van der Waals surface area contributed by atoms with Crippen LogP contribution >= 0.6 is 11.3 Å². The van der Waals surface area contributed by atoms with Crippen molar-refractivity contribution >= 4 is 17.3 Å². The second kappa shape index (κ2) is 3.86. The van der Waals surface area contributed by atoms with E-state index in [4.69, 9.17) is 9.47 Å². The van der Waals surface area contributed by atoms with Gasteiger partial charge in [-0.25, -0.2) is 0 Å². The molecule has 16 heavy (non-hydrogen) atoms. The van der Waals surface area contributed by atoms with Crippen molar-refractivity contribution in [2.24, 2.45) is 5.41 Å². The van der Waals surface area contributed by atoms with Gasteiger partial charge in [-0.05, 0) is 25.3 Å². The lowest BCUT2D eigenvalue weighted by molar-refractivity contribution is -0.174. The molecule has 1 aliphatic rings. The number of thiophene rings is 1. The Bertz CT molecular complexity index is 377. The van der Waals surface area contributed by atoms with Crippen molar-refractivity contribution in [2.75, 3.05) is 20.3 Å². The van der Waals surface area contributed by atoms with E-state index in [0.717, 1.165) is 0 Å². The van der Waals surface area contributed by atoms with Gasteiger partial charge in [-0.1, -0.05) is 6.07 Å². The summed E-state index contributed by atoms with van der Waals surface area (Å²) in [6.45, 7) is 5.05. The van der Waals surface area contributed by atoms with Gasteiger partial charge < -0.3 is 9.47 Å². The smallest absolute Gasteiger partial charge is 0.312 e. The Labute approximate surface area is 99.4 Å². The monoisotopic (exact) mass is 240 g/mol.